The van der Waals surface area contributed by atoms with E-state index in [1.165, 1.54) is 16.0 Å². The fourth-order valence-corrected chi connectivity index (χ4v) is 4.77. The number of anilines is 1. The Bertz CT molecular complexity index is 1660. The fourth-order valence-electron chi connectivity index (χ4n) is 3.96. The Balaban J connectivity index is 1.25. The minimum Gasteiger partial charge on any atom is -0.389 e. The number of hydrogen-bond donors (Lipinski definition) is 0. The molecule has 2 aromatic carbocycles. The number of aromatic nitrogens is 6. The van der Waals surface area contributed by atoms with Crippen LogP contribution in [0.3, 0.4) is 0 Å². The van der Waals surface area contributed by atoms with Gasteiger partial charge in [0.05, 0.1) is 16.8 Å². The van der Waals surface area contributed by atoms with Crippen LogP contribution in [0.5, 0.6) is 0 Å². The van der Waals surface area contributed by atoms with Gasteiger partial charge in [-0.25, -0.2) is 19.5 Å². The van der Waals surface area contributed by atoms with Gasteiger partial charge in [0.1, 0.15) is 16.5 Å². The van der Waals surface area contributed by atoms with Crippen molar-refractivity contribution < 1.29 is 14.4 Å². The van der Waals surface area contributed by atoms with Crippen molar-refractivity contribution in [2.75, 3.05) is 4.90 Å². The Hall–Kier alpha value is -5.10. The lowest BCUT2D eigenvalue weighted by Crippen LogP contribution is -2.30. The van der Waals surface area contributed by atoms with Crippen LogP contribution in [-0.4, -0.2) is 47.7 Å². The van der Waals surface area contributed by atoms with Crippen LogP contribution in [0.4, 0.5) is 5.82 Å². The van der Waals surface area contributed by atoms with Crippen LogP contribution in [0, 0.1) is 0 Å². The number of tetrazole rings is 1. The number of carbonyl (C=O) groups is 2. The Morgan fingerprint density at radius 2 is 1.66 bits per heavy atom. The molecular formula is C26H18N8O3S. The predicted molar refractivity (Wildman–Crippen MR) is 139 cm³/mol. The molecule has 0 spiro atoms. The number of pyridine rings is 1. The summed E-state index contributed by atoms with van der Waals surface area (Å²) in [5.74, 6) is -0.235. The summed E-state index contributed by atoms with van der Waals surface area (Å²) in [6.45, 7) is -0.0263. The van der Waals surface area contributed by atoms with Gasteiger partial charge in [0.2, 0.25) is 5.82 Å². The second kappa shape index (κ2) is 9.75. The highest BCUT2D eigenvalue weighted by Crippen LogP contribution is 2.27. The second-order valence-corrected chi connectivity index (χ2v) is 9.08. The van der Waals surface area contributed by atoms with Gasteiger partial charge in [0.25, 0.3) is 11.8 Å². The second-order valence-electron chi connectivity index (χ2n) is 8.22. The number of fused-ring (bicyclic) bond motifs is 1. The highest BCUT2D eigenvalue weighted by atomic mass is 32.1. The number of hydrogen-bond acceptors (Lipinski definition) is 10. The first kappa shape index (κ1) is 23.3. The summed E-state index contributed by atoms with van der Waals surface area (Å²) in [4.78, 5) is 41.6. The van der Waals surface area contributed by atoms with Crippen LogP contribution >= 0.6 is 11.3 Å². The molecule has 0 atom stereocenters. The minimum absolute atomic E-state index is 0.0263. The molecule has 0 unspecified atom stereocenters. The largest absolute Gasteiger partial charge is 0.389 e. The van der Waals surface area contributed by atoms with E-state index in [1.54, 1.807) is 49.5 Å². The minimum atomic E-state index is -0.413. The predicted octanol–water partition coefficient (Wildman–Crippen LogP) is 3.50. The average molecular weight is 523 g/mol. The molecule has 3 aromatic heterocycles. The first-order chi connectivity index (χ1) is 18.6. The van der Waals surface area contributed by atoms with Crippen LogP contribution in [0.1, 0.15) is 37.9 Å². The van der Waals surface area contributed by atoms with Crippen LogP contribution in [0.15, 0.2) is 83.3 Å². The zero-order chi connectivity index (χ0) is 26.1. The molecular weight excluding hydrogens is 504 g/mol. The highest BCUT2D eigenvalue weighted by molar-refractivity contribution is 7.13. The monoisotopic (exact) mass is 522 g/mol. The normalized spacial score (nSPS) is 13.2. The molecule has 0 fully saturated rings. The molecule has 0 bridgehead atoms. The number of rotatable bonds is 7. The summed E-state index contributed by atoms with van der Waals surface area (Å²) in [5.41, 5.74) is 3.07. The zero-order valence-corrected chi connectivity index (χ0v) is 20.7. The summed E-state index contributed by atoms with van der Waals surface area (Å²) in [6, 6.07) is 21.5. The Morgan fingerprint density at radius 1 is 0.921 bits per heavy atom. The van der Waals surface area contributed by atoms with E-state index in [1.807, 2.05) is 35.7 Å². The third-order valence-electron chi connectivity index (χ3n) is 5.78. The van der Waals surface area contributed by atoms with E-state index in [4.69, 9.17) is 9.82 Å². The number of carbonyl (C=O) groups excluding carboxylic acids is 2. The summed E-state index contributed by atoms with van der Waals surface area (Å²) in [5, 5.41) is 18.6. The molecule has 2 amide bonds. The van der Waals surface area contributed by atoms with E-state index >= 15 is 0 Å². The lowest BCUT2D eigenvalue weighted by atomic mass is 10.1. The quantitative estimate of drug-likeness (QED) is 0.180. The maximum atomic E-state index is 12.8. The molecule has 4 heterocycles. The summed E-state index contributed by atoms with van der Waals surface area (Å²) in [6.07, 6.45) is 0. The molecule has 1 aliphatic heterocycles. The molecule has 0 saturated carbocycles. The smallest absolute Gasteiger partial charge is 0.267 e. The number of oxime groups is 1. The number of benzene rings is 2. The van der Waals surface area contributed by atoms with Crippen molar-refractivity contribution in [3.05, 3.63) is 107 Å². The first-order valence-electron chi connectivity index (χ1n) is 11.5. The van der Waals surface area contributed by atoms with E-state index in [9.17, 15) is 9.59 Å². The van der Waals surface area contributed by atoms with Crippen molar-refractivity contribution in [3.63, 3.8) is 0 Å². The maximum Gasteiger partial charge on any atom is 0.267 e. The van der Waals surface area contributed by atoms with Crippen molar-refractivity contribution in [1.82, 2.24) is 30.2 Å². The van der Waals surface area contributed by atoms with Crippen LogP contribution < -0.4 is 4.90 Å². The number of aryl methyl sites for hydroxylation is 1. The van der Waals surface area contributed by atoms with Crippen LogP contribution in [-0.2, 0) is 18.5 Å². The van der Waals surface area contributed by atoms with Crippen molar-refractivity contribution >= 4 is 34.7 Å². The molecule has 5 aromatic rings. The van der Waals surface area contributed by atoms with Crippen molar-refractivity contribution in [2.24, 2.45) is 12.2 Å². The topological polar surface area (TPSA) is 128 Å². The van der Waals surface area contributed by atoms with E-state index in [2.05, 4.69) is 25.7 Å². The highest BCUT2D eigenvalue weighted by Gasteiger charge is 2.37. The van der Waals surface area contributed by atoms with Gasteiger partial charge in [-0.05, 0) is 34.7 Å². The molecule has 0 radical (unpaired) electrons. The maximum absolute atomic E-state index is 12.8. The lowest BCUT2D eigenvalue weighted by Gasteiger charge is -2.13. The molecule has 38 heavy (non-hydrogen) atoms. The molecule has 0 saturated heterocycles. The number of nitrogens with zero attached hydrogens (tertiary/aromatic N) is 8. The van der Waals surface area contributed by atoms with E-state index in [0.717, 1.165) is 15.5 Å². The van der Waals surface area contributed by atoms with Gasteiger partial charge < -0.3 is 4.84 Å². The van der Waals surface area contributed by atoms with Gasteiger partial charge in [-0.3, -0.25) is 9.59 Å². The van der Waals surface area contributed by atoms with Gasteiger partial charge in [0.15, 0.2) is 12.3 Å². The van der Waals surface area contributed by atoms with Gasteiger partial charge in [-0.2, -0.15) is 0 Å². The summed E-state index contributed by atoms with van der Waals surface area (Å²) >= 11 is 1.47. The van der Waals surface area contributed by atoms with Gasteiger partial charge in [-0.1, -0.05) is 53.7 Å². The van der Waals surface area contributed by atoms with Crippen LogP contribution in [0.25, 0.3) is 10.6 Å². The zero-order valence-electron chi connectivity index (χ0n) is 19.9. The summed E-state index contributed by atoms with van der Waals surface area (Å²) < 4.78 is 1.48. The Labute approximate surface area is 220 Å². The SMILES string of the molecule is Cn1nnnc1C(=NOCc1cccc(N2C(=O)c3ccccc3C2=O)n1)c1csc(-c2ccccc2)n1. The number of thiazole rings is 1. The average Bonchev–Trinajstić information content (AvgIpc) is 3.67. The first-order valence-corrected chi connectivity index (χ1v) is 12.4. The lowest BCUT2D eigenvalue weighted by molar-refractivity contribution is 0.0924. The third kappa shape index (κ3) is 4.22. The number of imide groups is 1. The van der Waals surface area contributed by atoms with Crippen molar-refractivity contribution in [1.29, 1.82) is 0 Å². The number of amides is 2. The molecule has 6 rings (SSSR count). The molecule has 0 aliphatic carbocycles. The molecule has 12 heteroatoms. The van der Waals surface area contributed by atoms with Crippen LogP contribution in [0.2, 0.25) is 0 Å². The molecule has 1 aliphatic rings. The molecule has 186 valence electrons. The fraction of sp³-hybridized carbons (Fsp3) is 0.0769. The van der Waals surface area contributed by atoms with Gasteiger partial charge in [-0.15, -0.1) is 16.4 Å². The van der Waals surface area contributed by atoms with E-state index in [-0.39, 0.29) is 12.4 Å². The van der Waals surface area contributed by atoms with Gasteiger partial charge in [0, 0.05) is 18.0 Å². The standard InChI is InChI=1S/C26H18N8O3S/c1-33-23(29-31-32-33)22(20-15-38-24(28-20)16-8-3-2-4-9-16)30-37-14-17-10-7-13-21(27-17)34-25(35)18-11-5-6-12-19(18)26(34)36/h2-13,15H,14H2,1H3. The van der Waals surface area contributed by atoms with Gasteiger partial charge >= 0.3 is 0 Å². The molecule has 0 N–H and O–H groups in total. The summed E-state index contributed by atoms with van der Waals surface area (Å²) in [7, 11) is 1.70. The van der Waals surface area contributed by atoms with Crippen molar-refractivity contribution in [3.8, 4) is 10.6 Å². The van der Waals surface area contributed by atoms with Crippen molar-refractivity contribution in [2.45, 2.75) is 6.61 Å². The third-order valence-corrected chi connectivity index (χ3v) is 6.67. The molecule has 11 nitrogen and oxygen atoms in total. The van der Waals surface area contributed by atoms with E-state index < -0.39 is 11.8 Å². The Morgan fingerprint density at radius 3 is 2.37 bits per heavy atom. The Kier molecular flexibility index (Phi) is 5.98. The van der Waals surface area contributed by atoms with E-state index in [0.29, 0.717) is 34.1 Å².